The molecular formula is C22H33FO2. The van der Waals surface area contributed by atoms with Crippen LogP contribution in [0.4, 0.5) is 4.39 Å². The first-order valence-electron chi connectivity index (χ1n) is 9.98. The number of fused-ring (bicyclic) bond motifs is 1. The van der Waals surface area contributed by atoms with E-state index < -0.39 is 11.1 Å². The molecular weight excluding hydrogens is 315 g/mol. The summed E-state index contributed by atoms with van der Waals surface area (Å²) < 4.78 is 16.5. The normalized spacial score (nSPS) is 44.6. The van der Waals surface area contributed by atoms with Crippen LogP contribution in [0.1, 0.15) is 79.6 Å². The number of alkyl halides is 1. The van der Waals surface area contributed by atoms with E-state index in [1.807, 2.05) is 6.92 Å². The van der Waals surface area contributed by atoms with Gasteiger partial charge in [-0.2, -0.15) is 0 Å². The molecule has 3 rings (SSSR count). The minimum absolute atomic E-state index is 0.0377. The predicted molar refractivity (Wildman–Crippen MR) is 98.0 cm³/mol. The molecule has 0 N–H and O–H groups in total. The van der Waals surface area contributed by atoms with E-state index in [0.717, 1.165) is 24.8 Å². The van der Waals surface area contributed by atoms with Gasteiger partial charge in [-0.1, -0.05) is 33.3 Å². The van der Waals surface area contributed by atoms with Gasteiger partial charge in [-0.25, -0.2) is 4.39 Å². The number of carbonyl (C=O) groups excluding carboxylic acids is 2. The van der Waals surface area contributed by atoms with E-state index in [0.29, 0.717) is 25.7 Å². The third-order valence-corrected chi connectivity index (χ3v) is 8.09. The van der Waals surface area contributed by atoms with E-state index in [2.05, 4.69) is 20.8 Å². The van der Waals surface area contributed by atoms with Crippen molar-refractivity contribution in [1.82, 2.24) is 0 Å². The fourth-order valence-corrected chi connectivity index (χ4v) is 6.36. The summed E-state index contributed by atoms with van der Waals surface area (Å²) in [6, 6.07) is 0. The van der Waals surface area contributed by atoms with E-state index in [-0.39, 0.29) is 34.7 Å². The van der Waals surface area contributed by atoms with Crippen LogP contribution in [0.3, 0.4) is 0 Å². The molecule has 0 bridgehead atoms. The molecule has 25 heavy (non-hydrogen) atoms. The van der Waals surface area contributed by atoms with E-state index in [1.165, 1.54) is 0 Å². The zero-order chi connectivity index (χ0) is 18.6. The van der Waals surface area contributed by atoms with Crippen molar-refractivity contribution in [1.29, 1.82) is 0 Å². The van der Waals surface area contributed by atoms with Crippen LogP contribution in [0.15, 0.2) is 11.6 Å². The maximum Gasteiger partial charge on any atom is 0.155 e. The van der Waals surface area contributed by atoms with E-state index in [4.69, 9.17) is 0 Å². The molecule has 3 aliphatic rings. The average molecular weight is 349 g/mol. The summed E-state index contributed by atoms with van der Waals surface area (Å²) in [5.41, 5.74) is -0.857. The molecule has 0 aromatic rings. The Bertz CT molecular complexity index is 622. The van der Waals surface area contributed by atoms with Crippen LogP contribution in [0, 0.1) is 28.6 Å². The van der Waals surface area contributed by atoms with Crippen molar-refractivity contribution in [2.75, 3.05) is 0 Å². The Labute approximate surface area is 151 Å². The molecule has 0 spiro atoms. The third-order valence-electron chi connectivity index (χ3n) is 8.09. The smallest absolute Gasteiger partial charge is 0.155 e. The molecule has 0 radical (unpaired) electrons. The van der Waals surface area contributed by atoms with Gasteiger partial charge in [-0.15, -0.1) is 0 Å². The lowest BCUT2D eigenvalue weighted by atomic mass is 9.52. The highest BCUT2D eigenvalue weighted by Crippen LogP contribution is 2.64. The second-order valence-electron chi connectivity index (χ2n) is 9.67. The number of hydrogen-bond acceptors (Lipinski definition) is 2. The number of rotatable bonds is 3. The molecule has 3 aliphatic carbocycles. The predicted octanol–water partition coefficient (Wildman–Crippen LogP) is 5.45. The average Bonchev–Trinajstić information content (AvgIpc) is 2.86. The topological polar surface area (TPSA) is 34.1 Å². The first kappa shape index (κ1) is 18.8. The quantitative estimate of drug-likeness (QED) is 0.679. The summed E-state index contributed by atoms with van der Waals surface area (Å²) in [5, 5.41) is 0. The zero-order valence-electron chi connectivity index (χ0n) is 16.5. The number of allylic oxidation sites excluding steroid dienone is 2. The highest BCUT2D eigenvalue weighted by molar-refractivity contribution is 5.91. The van der Waals surface area contributed by atoms with Crippen molar-refractivity contribution in [3.63, 3.8) is 0 Å². The standard InChI is InChI=1S/C22H33FO2/c1-14(2)19-12-17(25)8-9-21(19,5)22(23)11-10-20(4)16(13-22)6-7-18(20)15(3)24/h12,14,16,18H,6-11,13H2,1-5H3/t16?,18?,20?,21?,22-/m1/s1. The summed E-state index contributed by atoms with van der Waals surface area (Å²) in [4.78, 5) is 24.0. The minimum Gasteiger partial charge on any atom is -0.300 e. The monoisotopic (exact) mass is 348 g/mol. The lowest BCUT2D eigenvalue weighted by Crippen LogP contribution is -2.53. The lowest BCUT2D eigenvalue weighted by Gasteiger charge is -2.54. The van der Waals surface area contributed by atoms with Gasteiger partial charge >= 0.3 is 0 Å². The molecule has 2 saturated carbocycles. The second kappa shape index (κ2) is 6.03. The number of carbonyl (C=O) groups is 2. The molecule has 0 aliphatic heterocycles. The highest BCUT2D eigenvalue weighted by Gasteiger charge is 2.61. The van der Waals surface area contributed by atoms with Crippen molar-refractivity contribution in [3.8, 4) is 0 Å². The maximum atomic E-state index is 16.5. The Hall–Kier alpha value is -0.990. The molecule has 2 nitrogen and oxygen atoms in total. The maximum absolute atomic E-state index is 16.5. The van der Waals surface area contributed by atoms with Crippen LogP contribution in [-0.2, 0) is 9.59 Å². The Balaban J connectivity index is 1.93. The Morgan fingerprint density at radius 3 is 2.48 bits per heavy atom. The van der Waals surface area contributed by atoms with Crippen LogP contribution in [0.25, 0.3) is 0 Å². The Morgan fingerprint density at radius 1 is 1.20 bits per heavy atom. The largest absolute Gasteiger partial charge is 0.300 e. The van der Waals surface area contributed by atoms with E-state index >= 15 is 4.39 Å². The van der Waals surface area contributed by atoms with Gasteiger partial charge in [0.15, 0.2) is 5.78 Å². The van der Waals surface area contributed by atoms with E-state index in [1.54, 1.807) is 13.0 Å². The first-order chi connectivity index (χ1) is 11.5. The van der Waals surface area contributed by atoms with Gasteiger partial charge in [-0.05, 0) is 68.8 Å². The molecule has 0 saturated heterocycles. The number of hydrogen-bond donors (Lipinski definition) is 0. The molecule has 5 atom stereocenters. The van der Waals surface area contributed by atoms with Gasteiger partial charge in [0.05, 0.1) is 0 Å². The molecule has 0 aromatic heterocycles. The molecule has 0 heterocycles. The van der Waals surface area contributed by atoms with Crippen molar-refractivity contribution in [2.45, 2.75) is 85.2 Å². The molecule has 140 valence electrons. The summed E-state index contributed by atoms with van der Waals surface area (Å²) in [7, 11) is 0. The van der Waals surface area contributed by atoms with Crippen LogP contribution >= 0.6 is 0 Å². The van der Waals surface area contributed by atoms with Gasteiger partial charge in [0, 0.05) is 17.8 Å². The summed E-state index contributed by atoms with van der Waals surface area (Å²) in [6.45, 7) is 10.1. The summed E-state index contributed by atoms with van der Waals surface area (Å²) >= 11 is 0. The minimum atomic E-state index is -1.26. The number of ketones is 2. The van der Waals surface area contributed by atoms with E-state index in [9.17, 15) is 9.59 Å². The van der Waals surface area contributed by atoms with Gasteiger partial charge in [0.2, 0.25) is 0 Å². The molecule has 0 aromatic carbocycles. The van der Waals surface area contributed by atoms with Gasteiger partial charge in [0.1, 0.15) is 11.5 Å². The van der Waals surface area contributed by atoms with Crippen LogP contribution < -0.4 is 0 Å². The Kier molecular flexibility index (Phi) is 4.53. The van der Waals surface area contributed by atoms with Crippen molar-refractivity contribution in [3.05, 3.63) is 11.6 Å². The first-order valence-corrected chi connectivity index (χ1v) is 9.98. The molecule has 4 unspecified atom stereocenters. The summed E-state index contributed by atoms with van der Waals surface area (Å²) in [6.07, 6.45) is 6.52. The zero-order valence-corrected chi connectivity index (χ0v) is 16.5. The van der Waals surface area contributed by atoms with Crippen molar-refractivity contribution >= 4 is 11.6 Å². The van der Waals surface area contributed by atoms with Crippen LogP contribution in [-0.4, -0.2) is 17.2 Å². The fourth-order valence-electron chi connectivity index (χ4n) is 6.36. The van der Waals surface area contributed by atoms with Crippen LogP contribution in [0.2, 0.25) is 0 Å². The van der Waals surface area contributed by atoms with Gasteiger partial charge in [-0.3, -0.25) is 9.59 Å². The van der Waals surface area contributed by atoms with Crippen molar-refractivity contribution < 1.29 is 14.0 Å². The van der Waals surface area contributed by atoms with Gasteiger partial charge < -0.3 is 0 Å². The van der Waals surface area contributed by atoms with Crippen LogP contribution in [0.5, 0.6) is 0 Å². The fraction of sp³-hybridized carbons (Fsp3) is 0.818. The number of Topliss-reactive ketones (excluding diaryl/α,β-unsaturated/α-hetero) is 1. The number of halogens is 1. The lowest BCUT2D eigenvalue weighted by molar-refractivity contribution is -0.129. The SMILES string of the molecule is CC(=O)C1CCC2C[C@@](F)(C3(C)CCC(=O)C=C3C(C)C)CCC21C. The molecule has 2 fully saturated rings. The molecule has 0 amide bonds. The Morgan fingerprint density at radius 2 is 1.88 bits per heavy atom. The van der Waals surface area contributed by atoms with Crippen molar-refractivity contribution in [2.24, 2.45) is 28.6 Å². The molecule has 3 heteroatoms. The summed E-state index contributed by atoms with van der Waals surface area (Å²) in [5.74, 6) is 0.978. The second-order valence-corrected chi connectivity index (χ2v) is 9.67. The third kappa shape index (κ3) is 2.73. The highest BCUT2D eigenvalue weighted by atomic mass is 19.1. The van der Waals surface area contributed by atoms with Gasteiger partial charge in [0.25, 0.3) is 0 Å².